The molecule has 30 heavy (non-hydrogen) atoms. The number of hydrogen-bond donors (Lipinski definition) is 2. The molecule has 0 fully saturated rings. The van der Waals surface area contributed by atoms with Crippen LogP contribution < -0.4 is 9.88 Å². The molecule has 2 N–H and O–H groups in total. The van der Waals surface area contributed by atoms with E-state index in [0.717, 1.165) is 28.4 Å². The fraction of sp³-hybridized carbons (Fsp3) is 0.0769. The van der Waals surface area contributed by atoms with E-state index in [1.165, 1.54) is 5.56 Å². The molecule has 0 unspecified atom stereocenters. The molecule has 4 heteroatoms. The first-order chi connectivity index (χ1) is 14.7. The number of fused-ring (bicyclic) bond motifs is 1. The van der Waals surface area contributed by atoms with Gasteiger partial charge in [-0.1, -0.05) is 85.9 Å². The van der Waals surface area contributed by atoms with E-state index in [9.17, 15) is 5.11 Å². The summed E-state index contributed by atoms with van der Waals surface area (Å²) in [4.78, 5) is 0.444. The highest BCUT2D eigenvalue weighted by Gasteiger charge is 2.24. The van der Waals surface area contributed by atoms with E-state index in [4.69, 9.17) is 12.2 Å². The Labute approximate surface area is 181 Å². The molecule has 1 heterocycles. The van der Waals surface area contributed by atoms with Crippen LogP contribution in [0.2, 0.25) is 0 Å². The highest BCUT2D eigenvalue weighted by atomic mass is 32.1. The molecular formula is C26H23N2OS+. The summed E-state index contributed by atoms with van der Waals surface area (Å²) in [6.45, 7) is 2.11. The van der Waals surface area contributed by atoms with E-state index in [0.29, 0.717) is 10.7 Å². The highest BCUT2D eigenvalue weighted by Crippen LogP contribution is 2.25. The Bertz CT molecular complexity index is 1210. The molecule has 0 atom stereocenters. The van der Waals surface area contributed by atoms with E-state index >= 15 is 0 Å². The van der Waals surface area contributed by atoms with Crippen LogP contribution in [0.5, 0.6) is 0 Å². The zero-order valence-electron chi connectivity index (χ0n) is 16.7. The lowest BCUT2D eigenvalue weighted by Crippen LogP contribution is -2.38. The minimum atomic E-state index is 0.131. The molecule has 0 bridgehead atoms. The molecule has 0 spiro atoms. The van der Waals surface area contributed by atoms with Gasteiger partial charge in [-0.2, -0.15) is 4.57 Å². The van der Waals surface area contributed by atoms with Gasteiger partial charge in [-0.05, 0) is 23.4 Å². The van der Waals surface area contributed by atoms with Crippen molar-refractivity contribution in [1.29, 1.82) is 0 Å². The Balaban J connectivity index is 1.78. The average Bonchev–Trinajstić information content (AvgIpc) is 2.80. The van der Waals surface area contributed by atoms with Gasteiger partial charge in [-0.25, -0.2) is 0 Å². The minimum absolute atomic E-state index is 0.131. The summed E-state index contributed by atoms with van der Waals surface area (Å²) in [6, 6.07) is 27.9. The molecule has 3 aromatic carbocycles. The first-order valence-electron chi connectivity index (χ1n) is 9.95. The predicted octanol–water partition coefficient (Wildman–Crippen LogP) is 6.01. The van der Waals surface area contributed by atoms with Crippen molar-refractivity contribution < 1.29 is 9.67 Å². The molecule has 0 aliphatic carbocycles. The van der Waals surface area contributed by atoms with Gasteiger partial charge < -0.3 is 10.4 Å². The Morgan fingerprint density at radius 3 is 2.30 bits per heavy atom. The van der Waals surface area contributed by atoms with Gasteiger partial charge in [-0.15, -0.1) is 0 Å². The van der Waals surface area contributed by atoms with E-state index in [1.54, 1.807) is 0 Å². The van der Waals surface area contributed by atoms with Gasteiger partial charge in [0.1, 0.15) is 0 Å². The number of nitrogens with zero attached hydrogens (tertiary/aromatic N) is 1. The van der Waals surface area contributed by atoms with Crippen molar-refractivity contribution in [3.8, 4) is 0 Å². The van der Waals surface area contributed by atoms with E-state index in [2.05, 4.69) is 30.4 Å². The standard InChI is InChI=1S/C26H22N2OS/c1-2-19-13-15-21(16-14-19)25(29)24(28-17-6-3-7-18-28)26(30)27-23-12-8-10-20-9-4-5-11-22(20)23/h3-18H,2H2,1H3,(H-,27,29,30)/p+1. The molecule has 148 valence electrons. The van der Waals surface area contributed by atoms with Crippen molar-refractivity contribution in [2.75, 3.05) is 5.32 Å². The molecule has 1 aromatic heterocycles. The molecule has 4 rings (SSSR count). The number of nitrogens with one attached hydrogen (secondary N) is 1. The smallest absolute Gasteiger partial charge is 0.288 e. The van der Waals surface area contributed by atoms with Gasteiger partial charge in [0, 0.05) is 28.8 Å². The quantitative estimate of drug-likeness (QED) is 0.183. The zero-order valence-corrected chi connectivity index (χ0v) is 17.6. The second-order valence-electron chi connectivity index (χ2n) is 7.01. The molecule has 0 amide bonds. The third-order valence-corrected chi connectivity index (χ3v) is 5.38. The summed E-state index contributed by atoms with van der Waals surface area (Å²) < 4.78 is 1.84. The normalized spacial score (nSPS) is 11.8. The SMILES string of the molecule is CCc1ccc(/C(O)=C(/C(=S)Nc2cccc3ccccc23)[n+]2ccccc2)cc1. The summed E-state index contributed by atoms with van der Waals surface area (Å²) in [5.74, 6) is 0.131. The van der Waals surface area contributed by atoms with Crippen LogP contribution in [0.4, 0.5) is 5.69 Å². The topological polar surface area (TPSA) is 36.1 Å². The van der Waals surface area contributed by atoms with Gasteiger partial charge in [0.2, 0.25) is 0 Å². The summed E-state index contributed by atoms with van der Waals surface area (Å²) in [7, 11) is 0. The highest BCUT2D eigenvalue weighted by molar-refractivity contribution is 7.81. The monoisotopic (exact) mass is 411 g/mol. The maximum atomic E-state index is 11.2. The van der Waals surface area contributed by atoms with Gasteiger partial charge >= 0.3 is 0 Å². The van der Waals surface area contributed by atoms with Gasteiger partial charge in [0.25, 0.3) is 5.70 Å². The average molecular weight is 412 g/mol. The number of anilines is 1. The molecule has 0 saturated carbocycles. The third-order valence-electron chi connectivity index (χ3n) is 5.09. The molecule has 0 aliphatic heterocycles. The Morgan fingerprint density at radius 1 is 0.867 bits per heavy atom. The number of aliphatic hydroxyl groups is 1. The molecule has 0 aliphatic rings. The molecule has 0 radical (unpaired) electrons. The number of aromatic nitrogens is 1. The second kappa shape index (κ2) is 8.89. The number of aryl methyl sites for hydroxylation is 1. The number of benzene rings is 3. The lowest BCUT2D eigenvalue weighted by molar-refractivity contribution is -0.575. The number of hydrogen-bond acceptors (Lipinski definition) is 2. The number of rotatable bonds is 5. The van der Waals surface area contributed by atoms with Crippen LogP contribution in [0.1, 0.15) is 18.1 Å². The molecule has 4 aromatic rings. The largest absolute Gasteiger partial charge is 0.502 e. The van der Waals surface area contributed by atoms with E-state index < -0.39 is 0 Å². The third kappa shape index (κ3) is 4.09. The lowest BCUT2D eigenvalue weighted by Gasteiger charge is -2.12. The second-order valence-corrected chi connectivity index (χ2v) is 7.42. The fourth-order valence-electron chi connectivity index (χ4n) is 3.45. The maximum absolute atomic E-state index is 11.2. The summed E-state index contributed by atoms with van der Waals surface area (Å²) in [6.07, 6.45) is 4.71. The predicted molar refractivity (Wildman–Crippen MR) is 128 cm³/mol. The Morgan fingerprint density at radius 2 is 1.57 bits per heavy atom. The van der Waals surface area contributed by atoms with Crippen molar-refractivity contribution in [3.63, 3.8) is 0 Å². The van der Waals surface area contributed by atoms with Crippen molar-refractivity contribution in [1.82, 2.24) is 0 Å². The minimum Gasteiger partial charge on any atom is -0.502 e. The van der Waals surface area contributed by atoms with Crippen molar-refractivity contribution in [2.24, 2.45) is 0 Å². The van der Waals surface area contributed by atoms with Crippen LogP contribution >= 0.6 is 12.2 Å². The van der Waals surface area contributed by atoms with Crippen LogP contribution in [0.25, 0.3) is 22.2 Å². The lowest BCUT2D eigenvalue weighted by atomic mass is 10.1. The van der Waals surface area contributed by atoms with Crippen molar-refractivity contribution >= 4 is 45.1 Å². The molecular weight excluding hydrogens is 388 g/mol. The Hall–Kier alpha value is -3.50. The van der Waals surface area contributed by atoms with Crippen LogP contribution in [0, 0.1) is 0 Å². The molecule has 0 saturated heterocycles. The summed E-state index contributed by atoms with van der Waals surface area (Å²) in [5, 5.41) is 16.7. The number of pyridine rings is 1. The van der Waals surface area contributed by atoms with E-state index in [-0.39, 0.29) is 5.76 Å². The summed E-state index contributed by atoms with van der Waals surface area (Å²) >= 11 is 5.78. The maximum Gasteiger partial charge on any atom is 0.288 e. The van der Waals surface area contributed by atoms with Gasteiger partial charge in [-0.3, -0.25) is 0 Å². The van der Waals surface area contributed by atoms with Crippen LogP contribution in [0.15, 0.2) is 97.3 Å². The van der Waals surface area contributed by atoms with E-state index in [1.807, 2.05) is 83.7 Å². The number of aliphatic hydroxyl groups excluding tert-OH is 1. The first-order valence-corrected chi connectivity index (χ1v) is 10.4. The van der Waals surface area contributed by atoms with Crippen molar-refractivity contribution in [2.45, 2.75) is 13.3 Å². The first kappa shape index (κ1) is 19.8. The van der Waals surface area contributed by atoms with Crippen LogP contribution in [-0.4, -0.2) is 10.1 Å². The fourth-order valence-corrected chi connectivity index (χ4v) is 3.76. The Kier molecular flexibility index (Phi) is 5.87. The van der Waals surface area contributed by atoms with Gasteiger partial charge in [0.15, 0.2) is 23.1 Å². The van der Waals surface area contributed by atoms with Crippen LogP contribution in [-0.2, 0) is 6.42 Å². The zero-order chi connectivity index (χ0) is 20.9. The van der Waals surface area contributed by atoms with Crippen LogP contribution in [0.3, 0.4) is 0 Å². The summed E-state index contributed by atoms with van der Waals surface area (Å²) in [5.41, 5.74) is 3.38. The van der Waals surface area contributed by atoms with Crippen molar-refractivity contribution in [3.05, 3.63) is 108 Å². The number of thiocarbonyl (C=S) groups is 1. The van der Waals surface area contributed by atoms with Gasteiger partial charge in [0.05, 0.1) is 0 Å². The molecule has 3 nitrogen and oxygen atoms in total.